The maximum absolute atomic E-state index is 15.2. The van der Waals surface area contributed by atoms with E-state index in [1.165, 1.54) is 25.2 Å². The number of ether oxygens (including phenoxy) is 1. The number of likely N-dealkylation sites (tertiary alicyclic amines) is 1. The van der Waals surface area contributed by atoms with Crippen LogP contribution >= 0.6 is 0 Å². The van der Waals surface area contributed by atoms with Crippen LogP contribution in [-0.2, 0) is 6.54 Å². The third-order valence-corrected chi connectivity index (χ3v) is 7.28. The van der Waals surface area contributed by atoms with Gasteiger partial charge in [0.1, 0.15) is 18.5 Å². The molecule has 4 rings (SSSR count). The Bertz CT molecular complexity index is 1590. The third-order valence-electron chi connectivity index (χ3n) is 7.28. The monoisotopic (exact) mass is 590 g/mol. The molecule has 1 aromatic heterocycles. The molecule has 1 fully saturated rings. The van der Waals surface area contributed by atoms with E-state index >= 15 is 4.39 Å². The number of nitrogens with one attached hydrogen (secondary N) is 3. The van der Waals surface area contributed by atoms with Crippen molar-refractivity contribution < 1.29 is 31.2 Å². The minimum atomic E-state index is -4.53. The van der Waals surface area contributed by atoms with E-state index < -0.39 is 37.9 Å². The molecule has 0 spiro atoms. The minimum Gasteiger partial charge on any atom is -0.495 e. The number of anilines is 2. The molecular weight excluding hydrogens is 550 g/mol. The number of carbonyl (C=O) groups excluding carboxylic acids is 1. The molecule has 3 N–H and O–H groups in total. The Balaban J connectivity index is 1.60. The number of fused-ring (bicyclic) bond motifs is 1. The first-order chi connectivity index (χ1) is 20.9. The van der Waals surface area contributed by atoms with Gasteiger partial charge in [0.05, 0.1) is 40.6 Å². The van der Waals surface area contributed by atoms with Crippen LogP contribution < -0.4 is 20.7 Å². The molecule has 0 unspecified atom stereocenters. The molecule has 1 saturated heterocycles. The van der Waals surface area contributed by atoms with Crippen LogP contribution in [0.3, 0.4) is 0 Å². The highest BCUT2D eigenvalue weighted by Gasteiger charge is 2.34. The van der Waals surface area contributed by atoms with Crippen molar-refractivity contribution in [2.45, 2.75) is 57.7 Å². The average Bonchev–Trinajstić information content (AvgIpc) is 3.27. The highest BCUT2D eigenvalue weighted by Crippen LogP contribution is 2.32. The predicted octanol–water partition coefficient (Wildman–Crippen LogP) is 5.66. The summed E-state index contributed by atoms with van der Waals surface area (Å²) in [5.74, 6) is 5.03. The summed E-state index contributed by atoms with van der Waals surface area (Å²) in [5.41, 5.74) is 1.16. The number of piperidine rings is 1. The second kappa shape index (κ2) is 12.5. The lowest BCUT2D eigenvalue weighted by atomic mass is 9.96. The number of benzene rings is 2. The summed E-state index contributed by atoms with van der Waals surface area (Å²) in [7, 11) is -1.36. The van der Waals surface area contributed by atoms with Crippen molar-refractivity contribution in [3.8, 4) is 17.6 Å². The fraction of sp³-hybridized carbons (Fsp3) is 0.452. The topological polar surface area (TPSA) is 70.6 Å². The van der Waals surface area contributed by atoms with Crippen LogP contribution in [0.25, 0.3) is 10.9 Å². The van der Waals surface area contributed by atoms with Crippen molar-refractivity contribution >= 4 is 28.2 Å². The average molecular weight is 591 g/mol. The van der Waals surface area contributed by atoms with Crippen molar-refractivity contribution in [3.63, 3.8) is 0 Å². The van der Waals surface area contributed by atoms with Crippen LogP contribution in [0.1, 0.15) is 47.4 Å². The van der Waals surface area contributed by atoms with Gasteiger partial charge in [-0.15, -0.1) is 0 Å². The number of hydrogen-bond donors (Lipinski definition) is 3. The van der Waals surface area contributed by atoms with Crippen LogP contribution in [0.2, 0.25) is 0 Å². The summed E-state index contributed by atoms with van der Waals surface area (Å²) >= 11 is 0. The highest BCUT2D eigenvalue weighted by molar-refractivity contribution is 5.95. The van der Waals surface area contributed by atoms with Crippen molar-refractivity contribution in [2.75, 3.05) is 44.4 Å². The minimum absolute atomic E-state index is 0.0782. The van der Waals surface area contributed by atoms with Gasteiger partial charge in [0.2, 0.25) is 0 Å². The number of amides is 1. The number of aromatic nitrogens is 1. The van der Waals surface area contributed by atoms with Crippen molar-refractivity contribution in [2.24, 2.45) is 0 Å². The number of carbonyl (C=O) groups is 1. The predicted molar refractivity (Wildman–Crippen MR) is 158 cm³/mol. The summed E-state index contributed by atoms with van der Waals surface area (Å²) < 4.78 is 84.6. The number of rotatable bonds is 7. The second-order valence-electron chi connectivity index (χ2n) is 11.2. The molecular formula is C31H37F4N5O2. The highest BCUT2D eigenvalue weighted by atomic mass is 19.4. The number of alkyl halides is 4. The number of nitrogens with zero attached hydrogens (tertiary/aromatic N) is 2. The van der Waals surface area contributed by atoms with E-state index in [0.717, 1.165) is 4.57 Å². The largest absolute Gasteiger partial charge is 0.495 e. The van der Waals surface area contributed by atoms with Gasteiger partial charge < -0.3 is 25.3 Å². The third kappa shape index (κ3) is 7.29. The molecule has 1 aliphatic heterocycles. The van der Waals surface area contributed by atoms with Gasteiger partial charge in [0.25, 0.3) is 5.91 Å². The lowest BCUT2D eigenvalue weighted by Gasteiger charge is -2.42. The molecule has 2 heterocycles. The Morgan fingerprint density at radius 1 is 1.17 bits per heavy atom. The van der Waals surface area contributed by atoms with Gasteiger partial charge in [-0.2, -0.15) is 13.2 Å². The molecule has 0 radical (unpaired) electrons. The Kier molecular flexibility index (Phi) is 8.04. The summed E-state index contributed by atoms with van der Waals surface area (Å²) in [6.07, 6.45) is -5.16. The van der Waals surface area contributed by atoms with E-state index in [4.69, 9.17) is 8.85 Å². The molecule has 0 saturated carbocycles. The van der Waals surface area contributed by atoms with E-state index in [1.54, 1.807) is 24.3 Å². The smallest absolute Gasteiger partial charge is 0.406 e. The fourth-order valence-corrected chi connectivity index (χ4v) is 5.05. The van der Waals surface area contributed by atoms with Gasteiger partial charge in [-0.1, -0.05) is 12.0 Å². The SMILES string of the molecule is [2H]C([2H])([2H])Oc1cc(C(=O)NC)ccc1NCC#Cc1cc2c(N[C@H]3CCN(C(C)(C)C)C[C@H]3F)cccc2n1CC(F)(F)F. The summed E-state index contributed by atoms with van der Waals surface area (Å²) in [6.45, 7) is 5.68. The van der Waals surface area contributed by atoms with Crippen molar-refractivity contribution in [1.82, 2.24) is 14.8 Å². The Labute approximate surface area is 247 Å². The van der Waals surface area contributed by atoms with Gasteiger partial charge in [-0.05, 0) is 69.5 Å². The normalized spacial score (nSPS) is 19.2. The van der Waals surface area contributed by atoms with Crippen molar-refractivity contribution in [1.29, 1.82) is 0 Å². The summed E-state index contributed by atoms with van der Waals surface area (Å²) in [6, 6.07) is 10.2. The molecule has 1 amide bonds. The molecule has 2 aromatic carbocycles. The van der Waals surface area contributed by atoms with Crippen molar-refractivity contribution in [3.05, 3.63) is 53.7 Å². The van der Waals surface area contributed by atoms with Gasteiger partial charge in [0.15, 0.2) is 0 Å². The van der Waals surface area contributed by atoms with Gasteiger partial charge in [-0.25, -0.2) is 4.39 Å². The molecule has 11 heteroatoms. The van der Waals surface area contributed by atoms with E-state index in [9.17, 15) is 18.0 Å². The van der Waals surface area contributed by atoms with Gasteiger partial charge in [-0.3, -0.25) is 9.69 Å². The molecule has 226 valence electrons. The first-order valence-corrected chi connectivity index (χ1v) is 13.6. The summed E-state index contributed by atoms with van der Waals surface area (Å²) in [5, 5.41) is 9.07. The molecule has 0 aliphatic carbocycles. The molecule has 2 atom stereocenters. The quantitative estimate of drug-likeness (QED) is 0.245. The standard InChI is InChI=1S/C31H37F4N5O2/c1-30(2,3)39-15-13-25(23(32)18-39)38-24-9-6-10-27-22(24)17-21(40(27)19-31(33,34)35)8-7-14-37-26-12-11-20(29(41)36-4)16-28(26)42-5/h6,9-12,16-17,23,25,37-38H,13-15,18-19H2,1-5H3,(H,36,41)/t23-,25+/m1/s1/i5D3. The molecule has 42 heavy (non-hydrogen) atoms. The number of halogens is 4. The molecule has 7 nitrogen and oxygen atoms in total. The number of methoxy groups -OCH3 is 1. The molecule has 3 aromatic rings. The van der Waals surface area contributed by atoms with E-state index in [0.29, 0.717) is 29.6 Å². The lowest BCUT2D eigenvalue weighted by molar-refractivity contribution is -0.140. The Hall–Kier alpha value is -3.91. The number of hydrogen-bond acceptors (Lipinski definition) is 5. The first-order valence-electron chi connectivity index (χ1n) is 15.1. The van der Waals surface area contributed by atoms with E-state index in [-0.39, 0.29) is 41.3 Å². The van der Waals surface area contributed by atoms with Gasteiger partial charge in [0, 0.05) is 42.3 Å². The lowest BCUT2D eigenvalue weighted by Crippen LogP contribution is -2.54. The Morgan fingerprint density at radius 3 is 2.62 bits per heavy atom. The van der Waals surface area contributed by atoms with Crippen LogP contribution in [0.15, 0.2) is 42.5 Å². The molecule has 0 bridgehead atoms. The van der Waals surface area contributed by atoms with Crippen LogP contribution in [0.5, 0.6) is 5.75 Å². The van der Waals surface area contributed by atoms with Crippen LogP contribution in [-0.4, -0.2) is 73.0 Å². The zero-order valence-corrected chi connectivity index (χ0v) is 24.0. The summed E-state index contributed by atoms with van der Waals surface area (Å²) in [4.78, 5) is 14.1. The maximum atomic E-state index is 15.2. The maximum Gasteiger partial charge on any atom is 0.406 e. The zero-order valence-electron chi connectivity index (χ0n) is 27.0. The zero-order chi connectivity index (χ0) is 33.2. The first kappa shape index (κ1) is 27.0. The van der Waals surface area contributed by atoms with E-state index in [2.05, 4.69) is 32.7 Å². The van der Waals surface area contributed by atoms with Crippen LogP contribution in [0.4, 0.5) is 28.9 Å². The Morgan fingerprint density at radius 2 is 1.95 bits per heavy atom. The molecule has 1 aliphatic rings. The van der Waals surface area contributed by atoms with Gasteiger partial charge >= 0.3 is 6.18 Å². The van der Waals surface area contributed by atoms with Crippen LogP contribution in [0, 0.1) is 11.8 Å². The fourth-order valence-electron chi connectivity index (χ4n) is 5.05. The van der Waals surface area contributed by atoms with E-state index in [1.807, 2.05) is 20.8 Å². The second-order valence-corrected chi connectivity index (χ2v) is 11.2.